The van der Waals surface area contributed by atoms with Gasteiger partial charge in [0.05, 0.1) is 6.42 Å². The van der Waals surface area contributed by atoms with Gasteiger partial charge in [-0.05, 0) is 24.1 Å². The van der Waals surface area contributed by atoms with Crippen LogP contribution in [0.1, 0.15) is 25.8 Å². The number of ketones is 1. The number of ether oxygens (including phenoxy) is 1. The van der Waals surface area contributed by atoms with E-state index in [1.54, 1.807) is 19.9 Å². The third kappa shape index (κ3) is 8.25. The van der Waals surface area contributed by atoms with Crippen LogP contribution in [0.5, 0.6) is 0 Å². The van der Waals surface area contributed by atoms with Crippen LogP contribution in [-0.2, 0) is 25.7 Å². The summed E-state index contributed by atoms with van der Waals surface area (Å²) in [5, 5.41) is 14.0. The van der Waals surface area contributed by atoms with E-state index in [2.05, 4.69) is 10.6 Å². The number of hydrogen-bond acceptors (Lipinski definition) is 5. The molecule has 3 N–H and O–H groups in total. The van der Waals surface area contributed by atoms with Crippen LogP contribution in [0.15, 0.2) is 18.2 Å². The van der Waals surface area contributed by atoms with Gasteiger partial charge in [0.1, 0.15) is 25.4 Å². The van der Waals surface area contributed by atoms with Gasteiger partial charge in [-0.3, -0.25) is 14.4 Å². The molecular weight excluding hydrogens is 430 g/mol. The Labute approximate surface area is 176 Å². The lowest BCUT2D eigenvalue weighted by Crippen LogP contribution is -2.54. The van der Waals surface area contributed by atoms with Crippen molar-refractivity contribution in [1.82, 2.24) is 10.6 Å². The molecular formula is C18H21Cl2FN2O6. The molecule has 0 saturated carbocycles. The minimum atomic E-state index is -1.55. The molecule has 1 aromatic carbocycles. The molecule has 0 radical (unpaired) electrons. The van der Waals surface area contributed by atoms with Gasteiger partial charge in [-0.1, -0.05) is 37.0 Å². The molecule has 0 aliphatic heterocycles. The number of alkyl carbamates (subject to hydrolysis) is 1. The number of nitrogens with one attached hydrogen (secondary N) is 2. The molecule has 0 spiro atoms. The first-order chi connectivity index (χ1) is 13.5. The topological polar surface area (TPSA) is 122 Å². The van der Waals surface area contributed by atoms with Crippen molar-refractivity contribution in [3.05, 3.63) is 33.8 Å². The van der Waals surface area contributed by atoms with Crippen LogP contribution in [0, 0.1) is 5.92 Å². The highest BCUT2D eigenvalue weighted by Gasteiger charge is 2.30. The van der Waals surface area contributed by atoms with E-state index in [0.717, 1.165) is 0 Å². The van der Waals surface area contributed by atoms with Crippen molar-refractivity contribution in [1.29, 1.82) is 0 Å². The zero-order valence-corrected chi connectivity index (χ0v) is 17.2. The number of amides is 2. The van der Waals surface area contributed by atoms with Crippen LogP contribution in [-0.4, -0.2) is 47.6 Å². The van der Waals surface area contributed by atoms with E-state index >= 15 is 0 Å². The minimum absolute atomic E-state index is 0.209. The Morgan fingerprint density at radius 1 is 1.17 bits per heavy atom. The van der Waals surface area contributed by atoms with Gasteiger partial charge < -0.3 is 20.5 Å². The fraction of sp³-hybridized carbons (Fsp3) is 0.444. The molecule has 0 bridgehead atoms. The highest BCUT2D eigenvalue weighted by Crippen LogP contribution is 2.21. The zero-order chi connectivity index (χ0) is 22.1. The molecule has 0 aliphatic carbocycles. The van der Waals surface area contributed by atoms with Gasteiger partial charge in [0, 0.05) is 15.6 Å². The van der Waals surface area contributed by atoms with Gasteiger partial charge in [-0.15, -0.1) is 0 Å². The van der Waals surface area contributed by atoms with Gasteiger partial charge in [-0.2, -0.15) is 0 Å². The number of carboxylic acids is 1. The van der Waals surface area contributed by atoms with Gasteiger partial charge in [-0.25, -0.2) is 9.18 Å². The number of carbonyl (C=O) groups is 4. The van der Waals surface area contributed by atoms with Crippen molar-refractivity contribution in [2.24, 2.45) is 5.92 Å². The first kappa shape index (κ1) is 24.6. The lowest BCUT2D eigenvalue weighted by molar-refractivity contribution is -0.140. The van der Waals surface area contributed by atoms with E-state index in [1.165, 1.54) is 12.1 Å². The molecule has 0 aliphatic rings. The number of benzene rings is 1. The highest BCUT2D eigenvalue weighted by molar-refractivity contribution is 6.33. The Morgan fingerprint density at radius 2 is 1.83 bits per heavy atom. The molecule has 29 heavy (non-hydrogen) atoms. The van der Waals surface area contributed by atoms with E-state index in [4.69, 9.17) is 33.0 Å². The average Bonchev–Trinajstić information content (AvgIpc) is 2.64. The monoisotopic (exact) mass is 450 g/mol. The first-order valence-corrected chi connectivity index (χ1v) is 9.28. The SMILES string of the molecule is CC(C)[C@H](NC(=O)OCc1cc(Cl)ccc1Cl)C(=O)NC(CC(=O)O)C(=O)CF. The second kappa shape index (κ2) is 11.6. The second-order valence-corrected chi connectivity index (χ2v) is 7.28. The van der Waals surface area contributed by atoms with Crippen LogP contribution >= 0.6 is 23.2 Å². The number of halogens is 3. The fourth-order valence-corrected chi connectivity index (χ4v) is 2.64. The molecule has 0 fully saturated rings. The van der Waals surface area contributed by atoms with Crippen LogP contribution < -0.4 is 10.6 Å². The van der Waals surface area contributed by atoms with Crippen molar-refractivity contribution in [2.75, 3.05) is 6.67 Å². The van der Waals surface area contributed by atoms with Crippen molar-refractivity contribution in [3.8, 4) is 0 Å². The molecule has 1 unspecified atom stereocenters. The first-order valence-electron chi connectivity index (χ1n) is 8.53. The summed E-state index contributed by atoms with van der Waals surface area (Å²) in [5.74, 6) is -3.75. The quantitative estimate of drug-likeness (QED) is 0.503. The molecule has 1 rings (SSSR count). The maximum absolute atomic E-state index is 12.6. The van der Waals surface area contributed by atoms with E-state index in [9.17, 15) is 23.6 Å². The van der Waals surface area contributed by atoms with Crippen LogP contribution in [0.4, 0.5) is 9.18 Å². The molecule has 0 aromatic heterocycles. The average molecular weight is 451 g/mol. The summed E-state index contributed by atoms with van der Waals surface area (Å²) in [7, 11) is 0. The van der Waals surface area contributed by atoms with Gasteiger partial charge in [0.25, 0.3) is 0 Å². The minimum Gasteiger partial charge on any atom is -0.481 e. The summed E-state index contributed by atoms with van der Waals surface area (Å²) in [6.07, 6.45) is -1.72. The summed E-state index contributed by atoms with van der Waals surface area (Å²) >= 11 is 11.8. The van der Waals surface area contributed by atoms with Gasteiger partial charge in [0.2, 0.25) is 5.91 Å². The predicted molar refractivity (Wildman–Crippen MR) is 104 cm³/mol. The predicted octanol–water partition coefficient (Wildman–Crippen LogP) is 2.74. The highest BCUT2D eigenvalue weighted by atomic mass is 35.5. The number of hydrogen-bond donors (Lipinski definition) is 3. The molecule has 8 nitrogen and oxygen atoms in total. The van der Waals surface area contributed by atoms with E-state index < -0.39 is 54.8 Å². The standard InChI is InChI=1S/C18H21Cl2FN2O6/c1-9(2)16(17(27)22-13(6-15(25)26)14(24)7-21)23-18(28)29-8-10-5-11(19)3-4-12(10)20/h3-5,9,13,16H,6-8H2,1-2H3,(H,22,27)(H,23,28)(H,25,26)/t13?,16-/m0/s1. The number of Topliss-reactive ketones (excluding diaryl/α,β-unsaturated/α-hetero) is 1. The van der Waals surface area contributed by atoms with E-state index in [0.29, 0.717) is 15.6 Å². The smallest absolute Gasteiger partial charge is 0.408 e. The molecule has 11 heteroatoms. The normalized spacial score (nSPS) is 12.8. The molecule has 160 valence electrons. The Hall–Kier alpha value is -2.39. The number of rotatable bonds is 10. The largest absolute Gasteiger partial charge is 0.481 e. The summed E-state index contributed by atoms with van der Waals surface area (Å²) in [4.78, 5) is 46.8. The lowest BCUT2D eigenvalue weighted by atomic mass is 10.0. The van der Waals surface area contributed by atoms with Gasteiger partial charge in [0.15, 0.2) is 5.78 Å². The third-order valence-electron chi connectivity index (χ3n) is 3.80. The number of alkyl halides is 1. The van der Waals surface area contributed by atoms with Gasteiger partial charge >= 0.3 is 12.1 Å². The van der Waals surface area contributed by atoms with Crippen LogP contribution in [0.3, 0.4) is 0 Å². The lowest BCUT2D eigenvalue weighted by Gasteiger charge is -2.24. The van der Waals surface area contributed by atoms with Crippen molar-refractivity contribution in [2.45, 2.75) is 39.0 Å². The summed E-state index contributed by atoms with van der Waals surface area (Å²) < 4.78 is 17.7. The summed E-state index contributed by atoms with van der Waals surface area (Å²) in [5.41, 5.74) is 0.454. The maximum Gasteiger partial charge on any atom is 0.408 e. The number of carboxylic acid groups (broad SMARTS) is 1. The number of aliphatic carboxylic acids is 1. The van der Waals surface area contributed by atoms with Crippen molar-refractivity contribution < 1.29 is 33.4 Å². The summed E-state index contributed by atoms with van der Waals surface area (Å²) in [6, 6.07) is 1.92. The molecule has 2 amide bonds. The number of carbonyl (C=O) groups excluding carboxylic acids is 3. The van der Waals surface area contributed by atoms with E-state index in [-0.39, 0.29) is 6.61 Å². The second-order valence-electron chi connectivity index (χ2n) is 6.44. The molecule has 2 atom stereocenters. The fourth-order valence-electron chi connectivity index (χ4n) is 2.28. The van der Waals surface area contributed by atoms with Crippen molar-refractivity contribution >= 4 is 47.0 Å². The molecule has 0 heterocycles. The summed E-state index contributed by atoms with van der Waals surface area (Å²) in [6.45, 7) is 1.59. The van der Waals surface area contributed by atoms with E-state index in [1.807, 2.05) is 0 Å². The Morgan fingerprint density at radius 3 is 2.38 bits per heavy atom. The molecule has 1 aromatic rings. The van der Waals surface area contributed by atoms with Crippen LogP contribution in [0.25, 0.3) is 0 Å². The zero-order valence-electron chi connectivity index (χ0n) is 15.7. The molecule has 0 saturated heterocycles. The van der Waals surface area contributed by atoms with Crippen LogP contribution in [0.2, 0.25) is 10.0 Å². The van der Waals surface area contributed by atoms with Crippen molar-refractivity contribution in [3.63, 3.8) is 0 Å². The third-order valence-corrected chi connectivity index (χ3v) is 4.41. The Kier molecular flexibility index (Phi) is 9.84. The Balaban J connectivity index is 2.76. The Bertz CT molecular complexity index is 775. The maximum atomic E-state index is 12.6.